The largest absolute Gasteiger partial charge is 0.345 e. The molecule has 0 aromatic carbocycles. The summed E-state index contributed by atoms with van der Waals surface area (Å²) in [6, 6.07) is 0.628. The second-order valence-electron chi connectivity index (χ2n) is 4.19. The Hall–Kier alpha value is -0.320. The van der Waals surface area contributed by atoms with E-state index in [-0.39, 0.29) is 0 Å². The Balaban J connectivity index is 2.04. The molecule has 1 aliphatic heterocycles. The predicted molar refractivity (Wildman–Crippen MR) is 70.7 cm³/mol. The van der Waals surface area contributed by atoms with Crippen LogP contribution in [0.25, 0.3) is 0 Å². The number of aromatic nitrogens is 1. The van der Waals surface area contributed by atoms with E-state index in [9.17, 15) is 0 Å². The lowest BCUT2D eigenvalue weighted by Gasteiger charge is -2.35. The van der Waals surface area contributed by atoms with Crippen molar-refractivity contribution in [3.63, 3.8) is 0 Å². The number of rotatable bonds is 4. The molecule has 2 heterocycles. The standard InChI is InChI=1S/C11H18ClN3S/c1-13-6-5-9-4-2-3-7-15(9)11-14-10(12)8-16-11/h8-9,13H,2-7H2,1H3. The Labute approximate surface area is 106 Å². The molecule has 2 rings (SSSR count). The monoisotopic (exact) mass is 259 g/mol. The van der Waals surface area contributed by atoms with E-state index in [2.05, 4.69) is 15.2 Å². The normalized spacial score (nSPS) is 21.4. The van der Waals surface area contributed by atoms with Crippen LogP contribution in [-0.2, 0) is 0 Å². The van der Waals surface area contributed by atoms with E-state index in [1.54, 1.807) is 11.3 Å². The highest BCUT2D eigenvalue weighted by atomic mass is 35.5. The molecule has 0 aliphatic carbocycles. The zero-order chi connectivity index (χ0) is 11.4. The Bertz CT molecular complexity index is 329. The third-order valence-corrected chi connectivity index (χ3v) is 4.27. The van der Waals surface area contributed by atoms with Crippen LogP contribution in [0.3, 0.4) is 0 Å². The summed E-state index contributed by atoms with van der Waals surface area (Å²) < 4.78 is 0. The molecule has 5 heteroatoms. The van der Waals surface area contributed by atoms with E-state index >= 15 is 0 Å². The molecule has 0 spiro atoms. The minimum absolute atomic E-state index is 0.623. The van der Waals surface area contributed by atoms with E-state index in [0.717, 1.165) is 18.2 Å². The van der Waals surface area contributed by atoms with Crippen molar-refractivity contribution in [3.8, 4) is 0 Å². The van der Waals surface area contributed by atoms with Crippen LogP contribution in [0.5, 0.6) is 0 Å². The van der Waals surface area contributed by atoms with Gasteiger partial charge in [0.15, 0.2) is 5.13 Å². The predicted octanol–water partition coefficient (Wildman–Crippen LogP) is 2.76. The van der Waals surface area contributed by atoms with Crippen LogP contribution < -0.4 is 10.2 Å². The minimum atomic E-state index is 0.623. The fourth-order valence-electron chi connectivity index (χ4n) is 2.24. The van der Waals surface area contributed by atoms with Crippen LogP contribution in [0.1, 0.15) is 25.7 Å². The van der Waals surface area contributed by atoms with E-state index in [4.69, 9.17) is 11.6 Å². The SMILES string of the molecule is CNCCC1CCCCN1c1nc(Cl)cs1. The smallest absolute Gasteiger partial charge is 0.186 e. The summed E-state index contributed by atoms with van der Waals surface area (Å²) in [6.45, 7) is 2.19. The van der Waals surface area contributed by atoms with Gasteiger partial charge in [-0.05, 0) is 39.3 Å². The van der Waals surface area contributed by atoms with Crippen LogP contribution >= 0.6 is 22.9 Å². The van der Waals surface area contributed by atoms with Gasteiger partial charge in [0.05, 0.1) is 0 Å². The summed E-state index contributed by atoms with van der Waals surface area (Å²) in [5.74, 6) is 0. The maximum absolute atomic E-state index is 5.89. The van der Waals surface area contributed by atoms with Gasteiger partial charge in [-0.2, -0.15) is 0 Å². The first kappa shape index (κ1) is 12.1. The molecule has 1 saturated heterocycles. The number of nitrogens with one attached hydrogen (secondary N) is 1. The van der Waals surface area contributed by atoms with Gasteiger partial charge in [-0.15, -0.1) is 11.3 Å². The Morgan fingerprint density at radius 2 is 2.50 bits per heavy atom. The summed E-state index contributed by atoms with van der Waals surface area (Å²) in [5, 5.41) is 6.85. The lowest BCUT2D eigenvalue weighted by Crippen LogP contribution is -2.41. The van der Waals surface area contributed by atoms with Crippen molar-refractivity contribution in [1.29, 1.82) is 0 Å². The number of nitrogens with zero attached hydrogens (tertiary/aromatic N) is 2. The molecule has 1 aliphatic rings. The summed E-state index contributed by atoms with van der Waals surface area (Å²) >= 11 is 7.55. The van der Waals surface area contributed by atoms with Gasteiger partial charge in [-0.3, -0.25) is 0 Å². The molecule has 1 atom stereocenters. The average Bonchev–Trinajstić information content (AvgIpc) is 2.73. The van der Waals surface area contributed by atoms with Gasteiger partial charge in [0.25, 0.3) is 0 Å². The zero-order valence-corrected chi connectivity index (χ0v) is 11.2. The molecular formula is C11H18ClN3S. The van der Waals surface area contributed by atoms with Gasteiger partial charge >= 0.3 is 0 Å². The molecule has 1 fully saturated rings. The number of hydrogen-bond acceptors (Lipinski definition) is 4. The van der Waals surface area contributed by atoms with Gasteiger partial charge < -0.3 is 10.2 Å². The Kier molecular flexibility index (Phi) is 4.44. The Morgan fingerprint density at radius 3 is 3.19 bits per heavy atom. The van der Waals surface area contributed by atoms with Gasteiger partial charge in [0.2, 0.25) is 0 Å². The van der Waals surface area contributed by atoms with Crippen molar-refractivity contribution in [1.82, 2.24) is 10.3 Å². The molecule has 1 aromatic rings. The van der Waals surface area contributed by atoms with Crippen molar-refractivity contribution >= 4 is 28.1 Å². The third kappa shape index (κ3) is 2.87. The fourth-order valence-corrected chi connectivity index (χ4v) is 3.29. The van der Waals surface area contributed by atoms with E-state index < -0.39 is 0 Å². The quantitative estimate of drug-likeness (QED) is 0.901. The maximum Gasteiger partial charge on any atom is 0.186 e. The number of hydrogen-bond donors (Lipinski definition) is 1. The molecule has 0 bridgehead atoms. The molecule has 16 heavy (non-hydrogen) atoms. The second kappa shape index (κ2) is 5.84. The minimum Gasteiger partial charge on any atom is -0.345 e. The highest BCUT2D eigenvalue weighted by molar-refractivity contribution is 7.14. The molecule has 0 radical (unpaired) electrons. The van der Waals surface area contributed by atoms with Crippen molar-refractivity contribution in [2.75, 3.05) is 25.0 Å². The molecule has 0 amide bonds. The lowest BCUT2D eigenvalue weighted by atomic mass is 10.00. The molecular weight excluding hydrogens is 242 g/mol. The van der Waals surface area contributed by atoms with Crippen molar-refractivity contribution in [2.45, 2.75) is 31.7 Å². The summed E-state index contributed by atoms with van der Waals surface area (Å²) in [7, 11) is 2.01. The molecule has 90 valence electrons. The summed E-state index contributed by atoms with van der Waals surface area (Å²) in [4.78, 5) is 6.81. The van der Waals surface area contributed by atoms with Crippen molar-refractivity contribution in [2.24, 2.45) is 0 Å². The maximum atomic E-state index is 5.89. The van der Waals surface area contributed by atoms with Gasteiger partial charge in [-0.25, -0.2) is 4.98 Å². The topological polar surface area (TPSA) is 28.2 Å². The molecule has 0 saturated carbocycles. The molecule has 1 unspecified atom stereocenters. The van der Waals surface area contributed by atoms with E-state index in [0.29, 0.717) is 11.2 Å². The van der Waals surface area contributed by atoms with Gasteiger partial charge in [0.1, 0.15) is 5.15 Å². The number of anilines is 1. The third-order valence-electron chi connectivity index (χ3n) is 3.06. The van der Waals surface area contributed by atoms with Crippen molar-refractivity contribution in [3.05, 3.63) is 10.5 Å². The van der Waals surface area contributed by atoms with Crippen LogP contribution in [-0.4, -0.2) is 31.2 Å². The number of thiazole rings is 1. The molecule has 1 N–H and O–H groups in total. The molecule has 3 nitrogen and oxygen atoms in total. The fraction of sp³-hybridized carbons (Fsp3) is 0.727. The Morgan fingerprint density at radius 1 is 1.62 bits per heavy atom. The highest BCUT2D eigenvalue weighted by Gasteiger charge is 2.24. The summed E-state index contributed by atoms with van der Waals surface area (Å²) in [5.41, 5.74) is 0. The van der Waals surface area contributed by atoms with Gasteiger partial charge in [-0.1, -0.05) is 11.6 Å². The first-order chi connectivity index (χ1) is 7.81. The second-order valence-corrected chi connectivity index (χ2v) is 5.41. The van der Waals surface area contributed by atoms with E-state index in [1.165, 1.54) is 25.7 Å². The van der Waals surface area contributed by atoms with Crippen LogP contribution in [0.15, 0.2) is 5.38 Å². The van der Waals surface area contributed by atoms with E-state index in [1.807, 2.05) is 12.4 Å². The lowest BCUT2D eigenvalue weighted by molar-refractivity contribution is 0.433. The van der Waals surface area contributed by atoms with Crippen LogP contribution in [0.2, 0.25) is 5.15 Å². The summed E-state index contributed by atoms with van der Waals surface area (Å²) in [6.07, 6.45) is 5.07. The van der Waals surface area contributed by atoms with Crippen LogP contribution in [0.4, 0.5) is 5.13 Å². The first-order valence-corrected chi connectivity index (χ1v) is 7.09. The van der Waals surface area contributed by atoms with Gasteiger partial charge in [0, 0.05) is 18.0 Å². The highest BCUT2D eigenvalue weighted by Crippen LogP contribution is 2.30. The molecule has 1 aromatic heterocycles. The number of halogens is 1. The van der Waals surface area contributed by atoms with Crippen molar-refractivity contribution < 1.29 is 0 Å². The average molecular weight is 260 g/mol. The number of piperidine rings is 1. The van der Waals surface area contributed by atoms with Crippen LogP contribution in [0, 0.1) is 0 Å². The first-order valence-electron chi connectivity index (χ1n) is 5.83. The zero-order valence-electron chi connectivity index (χ0n) is 9.58.